The minimum absolute atomic E-state index is 0.110. The van der Waals surface area contributed by atoms with Crippen molar-refractivity contribution in [2.75, 3.05) is 13.1 Å². The van der Waals surface area contributed by atoms with Gasteiger partial charge in [0.05, 0.1) is 6.42 Å². The van der Waals surface area contributed by atoms with Crippen LogP contribution in [0.15, 0.2) is 30.3 Å². The quantitative estimate of drug-likeness (QED) is 0.604. The van der Waals surface area contributed by atoms with Crippen molar-refractivity contribution in [2.45, 2.75) is 25.3 Å². The van der Waals surface area contributed by atoms with E-state index in [1.54, 1.807) is 24.3 Å². The van der Waals surface area contributed by atoms with Crippen molar-refractivity contribution in [3.05, 3.63) is 35.9 Å². The van der Waals surface area contributed by atoms with Crippen LogP contribution in [0, 0.1) is 0 Å². The lowest BCUT2D eigenvalue weighted by Gasteiger charge is -2.21. The van der Waals surface area contributed by atoms with E-state index in [2.05, 4.69) is 0 Å². The van der Waals surface area contributed by atoms with Gasteiger partial charge in [0.1, 0.15) is 12.6 Å². The molecule has 0 aliphatic rings. The summed E-state index contributed by atoms with van der Waals surface area (Å²) in [6.07, 6.45) is 0.629. The number of aliphatic carboxylic acids is 2. The van der Waals surface area contributed by atoms with E-state index in [4.69, 9.17) is 15.9 Å². The number of benzene rings is 1. The van der Waals surface area contributed by atoms with Crippen LogP contribution in [0.3, 0.4) is 0 Å². The minimum Gasteiger partial charge on any atom is -0.480 e. The summed E-state index contributed by atoms with van der Waals surface area (Å²) in [6, 6.07) is 8.01. The van der Waals surface area contributed by atoms with E-state index < -0.39 is 24.5 Å². The van der Waals surface area contributed by atoms with Crippen LogP contribution >= 0.6 is 0 Å². The van der Waals surface area contributed by atoms with E-state index >= 15 is 0 Å². The van der Waals surface area contributed by atoms with E-state index in [0.717, 1.165) is 5.56 Å². The van der Waals surface area contributed by atoms with Gasteiger partial charge in [-0.15, -0.1) is 0 Å². The Morgan fingerprint density at radius 3 is 2.32 bits per heavy atom. The summed E-state index contributed by atoms with van der Waals surface area (Å²) < 4.78 is 0. The van der Waals surface area contributed by atoms with Crippen LogP contribution in [-0.4, -0.2) is 52.1 Å². The van der Waals surface area contributed by atoms with E-state index in [1.165, 1.54) is 4.90 Å². The first-order valence-corrected chi connectivity index (χ1v) is 6.92. The SMILES string of the molecule is N[C@@H](CCCN(CC(=O)O)C(=O)Cc1ccccc1)C(=O)O. The average molecular weight is 308 g/mol. The summed E-state index contributed by atoms with van der Waals surface area (Å²) in [7, 11) is 0. The molecular weight excluding hydrogens is 288 g/mol. The van der Waals surface area contributed by atoms with Crippen molar-refractivity contribution in [1.29, 1.82) is 0 Å². The largest absolute Gasteiger partial charge is 0.480 e. The molecule has 4 N–H and O–H groups in total. The highest BCUT2D eigenvalue weighted by Gasteiger charge is 2.18. The number of carboxylic acids is 2. The molecule has 0 radical (unpaired) electrons. The molecule has 0 spiro atoms. The molecule has 0 aliphatic carbocycles. The van der Waals surface area contributed by atoms with Crippen molar-refractivity contribution in [2.24, 2.45) is 5.73 Å². The number of carbonyl (C=O) groups excluding carboxylic acids is 1. The van der Waals surface area contributed by atoms with Crippen LogP contribution in [0.1, 0.15) is 18.4 Å². The van der Waals surface area contributed by atoms with Crippen molar-refractivity contribution in [3.63, 3.8) is 0 Å². The third-order valence-electron chi connectivity index (χ3n) is 3.14. The normalized spacial score (nSPS) is 11.7. The predicted octanol–water partition coefficient (Wildman–Crippen LogP) is 0.334. The topological polar surface area (TPSA) is 121 Å². The summed E-state index contributed by atoms with van der Waals surface area (Å²) in [6.45, 7) is -0.243. The summed E-state index contributed by atoms with van der Waals surface area (Å²) in [4.78, 5) is 34.9. The molecular formula is C15H20N2O5. The Bertz CT molecular complexity index is 518. The number of rotatable bonds is 9. The number of hydrogen-bond donors (Lipinski definition) is 3. The lowest BCUT2D eigenvalue weighted by Crippen LogP contribution is -2.38. The molecule has 1 amide bonds. The number of carboxylic acid groups (broad SMARTS) is 2. The van der Waals surface area contributed by atoms with Crippen LogP contribution in [0.2, 0.25) is 0 Å². The van der Waals surface area contributed by atoms with E-state index in [-0.39, 0.29) is 25.3 Å². The summed E-state index contributed by atoms with van der Waals surface area (Å²) in [5.74, 6) is -2.53. The third kappa shape index (κ3) is 6.36. The van der Waals surface area contributed by atoms with Crippen molar-refractivity contribution in [3.8, 4) is 0 Å². The molecule has 0 heterocycles. The summed E-state index contributed by atoms with van der Waals surface area (Å²) in [5, 5.41) is 17.6. The fourth-order valence-corrected chi connectivity index (χ4v) is 1.96. The highest BCUT2D eigenvalue weighted by atomic mass is 16.4. The second-order valence-electron chi connectivity index (χ2n) is 4.96. The van der Waals surface area contributed by atoms with Crippen molar-refractivity contribution in [1.82, 2.24) is 4.90 Å². The van der Waals surface area contributed by atoms with Crippen LogP contribution < -0.4 is 5.73 Å². The molecule has 1 aromatic rings. The Kier molecular flexibility index (Phi) is 7.04. The van der Waals surface area contributed by atoms with Crippen LogP contribution in [0.25, 0.3) is 0 Å². The van der Waals surface area contributed by atoms with Crippen molar-refractivity contribution < 1.29 is 24.6 Å². The van der Waals surface area contributed by atoms with Gasteiger partial charge in [0.15, 0.2) is 0 Å². The minimum atomic E-state index is -1.11. The zero-order valence-corrected chi connectivity index (χ0v) is 12.1. The summed E-state index contributed by atoms with van der Waals surface area (Å²) in [5.41, 5.74) is 6.18. The Morgan fingerprint density at radius 2 is 1.77 bits per heavy atom. The molecule has 0 saturated carbocycles. The van der Waals surface area contributed by atoms with Crippen LogP contribution in [0.4, 0.5) is 0 Å². The molecule has 1 rings (SSSR count). The van der Waals surface area contributed by atoms with Gasteiger partial charge >= 0.3 is 11.9 Å². The van der Waals surface area contributed by atoms with E-state index in [1.807, 2.05) is 6.07 Å². The number of nitrogens with two attached hydrogens (primary N) is 1. The molecule has 0 fully saturated rings. The molecule has 22 heavy (non-hydrogen) atoms. The lowest BCUT2D eigenvalue weighted by atomic mass is 10.1. The standard InChI is InChI=1S/C15H20N2O5/c16-12(15(21)22)7-4-8-17(10-14(19)20)13(18)9-11-5-2-1-3-6-11/h1-3,5-6,12H,4,7-10,16H2,(H,19,20)(H,21,22)/t12-/m0/s1. The highest BCUT2D eigenvalue weighted by molar-refractivity contribution is 5.83. The maximum atomic E-state index is 12.2. The van der Waals surface area contributed by atoms with E-state index in [9.17, 15) is 14.4 Å². The molecule has 0 aliphatic heterocycles. The van der Waals surface area contributed by atoms with Crippen LogP contribution in [0.5, 0.6) is 0 Å². The molecule has 0 aromatic heterocycles. The number of nitrogens with zero attached hydrogens (tertiary/aromatic N) is 1. The first-order valence-electron chi connectivity index (χ1n) is 6.92. The smallest absolute Gasteiger partial charge is 0.323 e. The van der Waals surface area contributed by atoms with Gasteiger partial charge in [0.25, 0.3) is 0 Å². The Hall–Kier alpha value is -2.41. The van der Waals surface area contributed by atoms with Gasteiger partial charge in [-0.2, -0.15) is 0 Å². The predicted molar refractivity (Wildman–Crippen MR) is 79.2 cm³/mol. The molecule has 0 saturated heterocycles. The third-order valence-corrected chi connectivity index (χ3v) is 3.14. The zero-order valence-electron chi connectivity index (χ0n) is 12.1. The van der Waals surface area contributed by atoms with Gasteiger partial charge in [0, 0.05) is 6.54 Å². The molecule has 0 unspecified atom stereocenters. The average Bonchev–Trinajstić information content (AvgIpc) is 2.46. The Morgan fingerprint density at radius 1 is 1.14 bits per heavy atom. The molecule has 1 aromatic carbocycles. The maximum absolute atomic E-state index is 12.2. The van der Waals surface area contributed by atoms with Crippen LogP contribution in [-0.2, 0) is 20.8 Å². The van der Waals surface area contributed by atoms with Gasteiger partial charge in [-0.1, -0.05) is 30.3 Å². The zero-order chi connectivity index (χ0) is 16.5. The van der Waals surface area contributed by atoms with E-state index in [0.29, 0.717) is 6.42 Å². The second kappa shape index (κ2) is 8.78. The maximum Gasteiger partial charge on any atom is 0.323 e. The number of hydrogen-bond acceptors (Lipinski definition) is 4. The molecule has 7 nitrogen and oxygen atoms in total. The molecule has 0 bridgehead atoms. The van der Waals surface area contributed by atoms with Gasteiger partial charge in [-0.05, 0) is 18.4 Å². The van der Waals surface area contributed by atoms with Gasteiger partial charge in [-0.3, -0.25) is 14.4 Å². The first-order chi connectivity index (χ1) is 10.4. The van der Waals surface area contributed by atoms with Gasteiger partial charge in [-0.25, -0.2) is 0 Å². The molecule has 1 atom stereocenters. The first kappa shape index (κ1) is 17.6. The summed E-state index contributed by atoms with van der Waals surface area (Å²) >= 11 is 0. The monoisotopic (exact) mass is 308 g/mol. The lowest BCUT2D eigenvalue weighted by molar-refractivity contribution is -0.144. The number of carbonyl (C=O) groups is 3. The van der Waals surface area contributed by atoms with Gasteiger partial charge < -0.3 is 20.8 Å². The fraction of sp³-hybridized carbons (Fsp3) is 0.400. The molecule has 120 valence electrons. The molecule has 7 heteroatoms. The van der Waals surface area contributed by atoms with Crippen molar-refractivity contribution >= 4 is 17.8 Å². The second-order valence-corrected chi connectivity index (χ2v) is 4.96. The Balaban J connectivity index is 2.57. The fourth-order valence-electron chi connectivity index (χ4n) is 1.96. The number of amides is 1. The Labute approximate surface area is 128 Å². The van der Waals surface area contributed by atoms with Gasteiger partial charge in [0.2, 0.25) is 5.91 Å². The highest BCUT2D eigenvalue weighted by Crippen LogP contribution is 2.05.